The number of pyridine rings is 1. The molecule has 0 spiro atoms. The van der Waals surface area contributed by atoms with Crippen LogP contribution < -0.4 is 0 Å². The highest BCUT2D eigenvalue weighted by atomic mass is 16.3. The third-order valence-electron chi connectivity index (χ3n) is 1.62. The van der Waals surface area contributed by atoms with Crippen molar-refractivity contribution in [1.82, 2.24) is 4.98 Å². The molecular formula is C9H10N2O. The van der Waals surface area contributed by atoms with Gasteiger partial charge in [0.1, 0.15) is 6.07 Å². The van der Waals surface area contributed by atoms with Crippen molar-refractivity contribution in [3.05, 3.63) is 23.5 Å². The first-order valence-electron chi connectivity index (χ1n) is 3.74. The molecule has 0 aliphatic carbocycles. The molecule has 1 aromatic heterocycles. The van der Waals surface area contributed by atoms with Gasteiger partial charge < -0.3 is 5.11 Å². The standard InChI is InChI=1S/C9H10N2O/c1-6(2)8-9(12)7(5-10)3-4-11-8/h3-4,6,12H,1-2H3. The van der Waals surface area contributed by atoms with Crippen LogP contribution in [0.15, 0.2) is 12.3 Å². The Bertz CT molecular complexity index is 326. The van der Waals surface area contributed by atoms with E-state index in [1.54, 1.807) is 0 Å². The summed E-state index contributed by atoms with van der Waals surface area (Å²) in [7, 11) is 0. The van der Waals surface area contributed by atoms with Gasteiger partial charge in [-0.15, -0.1) is 0 Å². The Morgan fingerprint density at radius 1 is 1.58 bits per heavy atom. The molecule has 0 aliphatic rings. The second-order valence-corrected chi connectivity index (χ2v) is 2.86. The molecule has 0 saturated carbocycles. The molecule has 0 fully saturated rings. The highest BCUT2D eigenvalue weighted by Gasteiger charge is 2.10. The minimum atomic E-state index is 0.00926. The summed E-state index contributed by atoms with van der Waals surface area (Å²) in [5, 5.41) is 18.1. The number of aromatic nitrogens is 1. The molecule has 3 heteroatoms. The van der Waals surface area contributed by atoms with E-state index < -0.39 is 0 Å². The zero-order valence-corrected chi connectivity index (χ0v) is 7.07. The van der Waals surface area contributed by atoms with Gasteiger partial charge in [0.2, 0.25) is 0 Å². The fourth-order valence-electron chi connectivity index (χ4n) is 0.983. The first kappa shape index (κ1) is 8.54. The summed E-state index contributed by atoms with van der Waals surface area (Å²) in [4.78, 5) is 3.99. The van der Waals surface area contributed by atoms with Gasteiger partial charge in [0, 0.05) is 6.20 Å². The Kier molecular flexibility index (Phi) is 2.29. The number of nitrogens with zero attached hydrogens (tertiary/aromatic N) is 2. The molecule has 0 unspecified atom stereocenters. The molecule has 1 heterocycles. The van der Waals surface area contributed by atoms with Crippen molar-refractivity contribution in [2.75, 3.05) is 0 Å². The Hall–Kier alpha value is -1.56. The van der Waals surface area contributed by atoms with E-state index in [0.29, 0.717) is 5.69 Å². The normalized spacial score (nSPS) is 9.83. The van der Waals surface area contributed by atoms with Crippen LogP contribution in [0.4, 0.5) is 0 Å². The van der Waals surface area contributed by atoms with E-state index >= 15 is 0 Å². The molecule has 3 nitrogen and oxygen atoms in total. The van der Waals surface area contributed by atoms with Gasteiger partial charge in [0.25, 0.3) is 0 Å². The summed E-state index contributed by atoms with van der Waals surface area (Å²) in [5.41, 5.74) is 0.864. The molecule has 0 atom stereocenters. The quantitative estimate of drug-likeness (QED) is 0.684. The maximum Gasteiger partial charge on any atom is 0.155 e. The van der Waals surface area contributed by atoms with Gasteiger partial charge in [-0.2, -0.15) is 5.26 Å². The molecule has 1 aromatic rings. The molecule has 1 rings (SSSR count). The van der Waals surface area contributed by atoms with Gasteiger partial charge >= 0.3 is 0 Å². The van der Waals surface area contributed by atoms with Crippen LogP contribution in [0.1, 0.15) is 31.0 Å². The molecule has 0 saturated heterocycles. The van der Waals surface area contributed by atoms with Crippen LogP contribution in [-0.4, -0.2) is 10.1 Å². The second kappa shape index (κ2) is 3.22. The van der Waals surface area contributed by atoms with Crippen molar-refractivity contribution in [2.24, 2.45) is 0 Å². The summed E-state index contributed by atoms with van der Waals surface area (Å²) in [5.74, 6) is 0.147. The molecular weight excluding hydrogens is 152 g/mol. The average molecular weight is 162 g/mol. The Balaban J connectivity index is 3.25. The summed E-state index contributed by atoms with van der Waals surface area (Å²) >= 11 is 0. The first-order chi connectivity index (χ1) is 5.66. The van der Waals surface area contributed by atoms with Crippen LogP contribution in [0.25, 0.3) is 0 Å². The predicted molar refractivity (Wildman–Crippen MR) is 44.7 cm³/mol. The number of aromatic hydroxyl groups is 1. The fraction of sp³-hybridized carbons (Fsp3) is 0.333. The first-order valence-corrected chi connectivity index (χ1v) is 3.74. The van der Waals surface area contributed by atoms with Crippen molar-refractivity contribution in [2.45, 2.75) is 19.8 Å². The van der Waals surface area contributed by atoms with Crippen molar-refractivity contribution in [3.63, 3.8) is 0 Å². The highest BCUT2D eigenvalue weighted by Crippen LogP contribution is 2.25. The lowest BCUT2D eigenvalue weighted by Gasteiger charge is -2.06. The lowest BCUT2D eigenvalue weighted by molar-refractivity contribution is 0.458. The van der Waals surface area contributed by atoms with E-state index in [9.17, 15) is 5.11 Å². The SMILES string of the molecule is CC(C)c1nccc(C#N)c1O. The summed E-state index contributed by atoms with van der Waals surface area (Å²) < 4.78 is 0. The molecule has 0 radical (unpaired) electrons. The average Bonchev–Trinajstić information content (AvgIpc) is 2.04. The van der Waals surface area contributed by atoms with Crippen molar-refractivity contribution < 1.29 is 5.11 Å². The van der Waals surface area contributed by atoms with Gasteiger partial charge in [0.15, 0.2) is 5.75 Å². The van der Waals surface area contributed by atoms with Gasteiger partial charge in [0.05, 0.1) is 11.3 Å². The third kappa shape index (κ3) is 1.37. The Labute approximate surface area is 71.3 Å². The molecule has 62 valence electrons. The van der Waals surface area contributed by atoms with Crippen molar-refractivity contribution in [1.29, 1.82) is 5.26 Å². The number of rotatable bonds is 1. The van der Waals surface area contributed by atoms with Crippen molar-refractivity contribution in [3.8, 4) is 11.8 Å². The second-order valence-electron chi connectivity index (χ2n) is 2.86. The number of nitriles is 1. The lowest BCUT2D eigenvalue weighted by atomic mass is 10.1. The Morgan fingerprint density at radius 2 is 2.25 bits per heavy atom. The molecule has 0 aliphatic heterocycles. The summed E-state index contributed by atoms with van der Waals surface area (Å²) in [6, 6.07) is 3.40. The van der Waals surface area contributed by atoms with E-state index in [1.165, 1.54) is 12.3 Å². The van der Waals surface area contributed by atoms with Gasteiger partial charge in [-0.3, -0.25) is 4.98 Å². The Morgan fingerprint density at radius 3 is 2.75 bits per heavy atom. The molecule has 12 heavy (non-hydrogen) atoms. The van der Waals surface area contributed by atoms with Crippen LogP contribution in [0.2, 0.25) is 0 Å². The van der Waals surface area contributed by atoms with Gasteiger partial charge in [-0.1, -0.05) is 13.8 Å². The van der Waals surface area contributed by atoms with E-state index in [2.05, 4.69) is 4.98 Å². The maximum absolute atomic E-state index is 9.47. The zero-order valence-electron chi connectivity index (χ0n) is 7.07. The zero-order chi connectivity index (χ0) is 9.14. The highest BCUT2D eigenvalue weighted by molar-refractivity contribution is 5.44. The smallest absolute Gasteiger partial charge is 0.155 e. The largest absolute Gasteiger partial charge is 0.505 e. The molecule has 0 aromatic carbocycles. The third-order valence-corrected chi connectivity index (χ3v) is 1.62. The van der Waals surface area contributed by atoms with Crippen LogP contribution in [0, 0.1) is 11.3 Å². The van der Waals surface area contributed by atoms with E-state index in [0.717, 1.165) is 0 Å². The predicted octanol–water partition coefficient (Wildman–Crippen LogP) is 1.78. The van der Waals surface area contributed by atoms with Crippen LogP contribution in [0.5, 0.6) is 5.75 Å². The summed E-state index contributed by atoms with van der Waals surface area (Å²) in [6.07, 6.45) is 1.54. The lowest BCUT2D eigenvalue weighted by Crippen LogP contribution is -1.94. The van der Waals surface area contributed by atoms with E-state index in [-0.39, 0.29) is 17.2 Å². The monoisotopic (exact) mass is 162 g/mol. The van der Waals surface area contributed by atoms with Crippen LogP contribution in [0.3, 0.4) is 0 Å². The minimum Gasteiger partial charge on any atom is -0.505 e. The molecule has 0 amide bonds. The number of hydrogen-bond acceptors (Lipinski definition) is 3. The minimum absolute atomic E-state index is 0.00926. The van der Waals surface area contributed by atoms with Gasteiger partial charge in [-0.05, 0) is 12.0 Å². The topological polar surface area (TPSA) is 56.9 Å². The van der Waals surface area contributed by atoms with Crippen LogP contribution >= 0.6 is 0 Å². The van der Waals surface area contributed by atoms with E-state index in [1.807, 2.05) is 19.9 Å². The molecule has 0 bridgehead atoms. The maximum atomic E-state index is 9.47. The van der Waals surface area contributed by atoms with Crippen molar-refractivity contribution >= 4 is 0 Å². The van der Waals surface area contributed by atoms with Crippen LogP contribution in [-0.2, 0) is 0 Å². The fourth-order valence-corrected chi connectivity index (χ4v) is 0.983. The summed E-state index contributed by atoms with van der Waals surface area (Å²) in [6.45, 7) is 3.84. The molecule has 1 N–H and O–H groups in total. The van der Waals surface area contributed by atoms with Gasteiger partial charge in [-0.25, -0.2) is 0 Å². The van der Waals surface area contributed by atoms with E-state index in [4.69, 9.17) is 5.26 Å². The number of hydrogen-bond donors (Lipinski definition) is 1.